The van der Waals surface area contributed by atoms with E-state index in [9.17, 15) is 9.59 Å². The number of alkyl carbamates (subject to hydrolysis) is 1. The van der Waals surface area contributed by atoms with E-state index in [0.717, 1.165) is 0 Å². The number of rotatable bonds is 5. The van der Waals surface area contributed by atoms with Gasteiger partial charge in [0.25, 0.3) is 0 Å². The second kappa shape index (κ2) is 6.95. The minimum absolute atomic E-state index is 0.0311. The maximum absolute atomic E-state index is 11.3. The predicted molar refractivity (Wildman–Crippen MR) is 58.0 cm³/mol. The fraction of sp³-hybridized carbons (Fsp3) is 0.750. The lowest BCUT2D eigenvalue weighted by atomic mass is 10.2. The number of carbonyl (C=O) groups is 2. The Bertz CT molecular complexity index is 213. The van der Waals surface area contributed by atoms with Crippen LogP contribution in [0.2, 0.25) is 0 Å². The first-order valence-electron chi connectivity index (χ1n) is 4.04. The average Bonchev–Trinajstić information content (AvgIpc) is 2.22. The number of nitrogens with one attached hydrogen (secondary N) is 1. The van der Waals surface area contributed by atoms with Crippen molar-refractivity contribution in [3.63, 3.8) is 0 Å². The molecule has 0 saturated heterocycles. The van der Waals surface area contributed by atoms with Crippen molar-refractivity contribution in [2.45, 2.75) is 17.6 Å². The average molecular weight is 240 g/mol. The Kier molecular flexibility index (Phi) is 6.74. The standard InChI is InChI=1S/C8H14ClNO3S/c1-5(14-3)7(9)6(11)4-10-8(12)13-2/h5,7H,4H2,1-3H3,(H,10,12)/t5?,7-/m1/s1. The first-order chi connectivity index (χ1) is 6.52. The van der Waals surface area contributed by atoms with Crippen LogP contribution in [0.1, 0.15) is 6.92 Å². The third-order valence-corrected chi connectivity index (χ3v) is 3.47. The highest BCUT2D eigenvalue weighted by atomic mass is 35.5. The summed E-state index contributed by atoms with van der Waals surface area (Å²) in [5.74, 6) is -0.209. The van der Waals surface area contributed by atoms with Crippen LogP contribution >= 0.6 is 23.4 Å². The maximum Gasteiger partial charge on any atom is 0.407 e. The van der Waals surface area contributed by atoms with Gasteiger partial charge < -0.3 is 10.1 Å². The number of ketones is 1. The molecule has 0 rings (SSSR count). The molecule has 0 heterocycles. The van der Waals surface area contributed by atoms with E-state index in [2.05, 4.69) is 10.1 Å². The van der Waals surface area contributed by atoms with E-state index in [1.54, 1.807) is 0 Å². The summed E-state index contributed by atoms with van der Waals surface area (Å²) in [4.78, 5) is 22.0. The van der Waals surface area contributed by atoms with E-state index in [1.807, 2.05) is 13.2 Å². The van der Waals surface area contributed by atoms with Crippen LogP contribution in [0.4, 0.5) is 4.79 Å². The van der Waals surface area contributed by atoms with Crippen molar-refractivity contribution >= 4 is 35.2 Å². The Labute approximate surface area is 92.7 Å². The molecule has 0 saturated carbocycles. The minimum Gasteiger partial charge on any atom is -0.453 e. The molecule has 0 bridgehead atoms. The highest BCUT2D eigenvalue weighted by Crippen LogP contribution is 2.16. The highest BCUT2D eigenvalue weighted by molar-refractivity contribution is 7.99. The summed E-state index contributed by atoms with van der Waals surface area (Å²) in [6.45, 7) is 1.77. The molecule has 6 heteroatoms. The molecule has 0 aliphatic rings. The molecule has 4 nitrogen and oxygen atoms in total. The van der Waals surface area contributed by atoms with Crippen LogP contribution in [-0.4, -0.2) is 42.4 Å². The summed E-state index contributed by atoms with van der Waals surface area (Å²) in [5, 5.41) is 1.74. The summed E-state index contributed by atoms with van der Waals surface area (Å²) in [7, 11) is 1.24. The number of methoxy groups -OCH3 is 1. The molecule has 82 valence electrons. The number of hydrogen-bond donors (Lipinski definition) is 1. The molecule has 0 aromatic heterocycles. The van der Waals surface area contributed by atoms with Gasteiger partial charge in [-0.05, 0) is 6.26 Å². The number of alkyl halides is 1. The molecule has 2 atom stereocenters. The normalized spacial score (nSPS) is 14.3. The van der Waals surface area contributed by atoms with Crippen molar-refractivity contribution in [1.82, 2.24) is 5.32 Å². The zero-order valence-corrected chi connectivity index (χ0v) is 9.95. The molecule has 0 aliphatic carbocycles. The fourth-order valence-corrected chi connectivity index (χ4v) is 1.49. The van der Waals surface area contributed by atoms with Gasteiger partial charge >= 0.3 is 6.09 Å². The van der Waals surface area contributed by atoms with Crippen molar-refractivity contribution in [3.05, 3.63) is 0 Å². The number of halogens is 1. The molecule has 0 aromatic carbocycles. The molecule has 0 radical (unpaired) electrons. The van der Waals surface area contributed by atoms with Crippen molar-refractivity contribution in [2.24, 2.45) is 0 Å². The topological polar surface area (TPSA) is 55.4 Å². The Balaban J connectivity index is 3.90. The summed E-state index contributed by atoms with van der Waals surface area (Å²) in [6.07, 6.45) is 1.25. The smallest absolute Gasteiger partial charge is 0.407 e. The maximum atomic E-state index is 11.3. The van der Waals surface area contributed by atoms with Gasteiger partial charge in [0.1, 0.15) is 5.38 Å². The fourth-order valence-electron chi connectivity index (χ4n) is 0.710. The van der Waals surface area contributed by atoms with E-state index in [-0.39, 0.29) is 17.6 Å². The van der Waals surface area contributed by atoms with Crippen molar-refractivity contribution < 1.29 is 14.3 Å². The molecule has 1 amide bonds. The number of hydrogen-bond acceptors (Lipinski definition) is 4. The highest BCUT2D eigenvalue weighted by Gasteiger charge is 2.21. The summed E-state index contributed by atoms with van der Waals surface area (Å²) in [6, 6.07) is 0. The predicted octanol–water partition coefficient (Wildman–Crippen LogP) is 1.27. The molecular formula is C8H14ClNO3S. The van der Waals surface area contributed by atoms with Crippen LogP contribution in [0.5, 0.6) is 0 Å². The molecule has 0 aliphatic heterocycles. The number of amides is 1. The van der Waals surface area contributed by atoms with Gasteiger partial charge in [0.05, 0.1) is 13.7 Å². The molecule has 1 N–H and O–H groups in total. The lowest BCUT2D eigenvalue weighted by Gasteiger charge is -2.14. The van der Waals surface area contributed by atoms with E-state index >= 15 is 0 Å². The van der Waals surface area contributed by atoms with Crippen LogP contribution in [0.15, 0.2) is 0 Å². The van der Waals surface area contributed by atoms with Gasteiger partial charge in [-0.15, -0.1) is 11.6 Å². The zero-order chi connectivity index (χ0) is 11.1. The van der Waals surface area contributed by atoms with E-state index in [1.165, 1.54) is 18.9 Å². The molecule has 14 heavy (non-hydrogen) atoms. The summed E-state index contributed by atoms with van der Waals surface area (Å²) in [5.41, 5.74) is 0. The molecular weight excluding hydrogens is 226 g/mol. The zero-order valence-electron chi connectivity index (χ0n) is 8.37. The third-order valence-electron chi connectivity index (χ3n) is 1.68. The minimum atomic E-state index is -0.626. The summed E-state index contributed by atoms with van der Waals surface area (Å²) < 4.78 is 4.32. The molecule has 1 unspecified atom stereocenters. The number of thioether (sulfide) groups is 1. The molecule has 0 fully saturated rings. The van der Waals surface area contributed by atoms with Crippen molar-refractivity contribution in [3.8, 4) is 0 Å². The van der Waals surface area contributed by atoms with Crippen LogP contribution in [0.3, 0.4) is 0 Å². The van der Waals surface area contributed by atoms with Crippen molar-refractivity contribution in [1.29, 1.82) is 0 Å². The Morgan fingerprint density at radius 1 is 1.57 bits per heavy atom. The van der Waals surface area contributed by atoms with E-state index in [4.69, 9.17) is 11.6 Å². The Morgan fingerprint density at radius 3 is 2.57 bits per heavy atom. The summed E-state index contributed by atoms with van der Waals surface area (Å²) >= 11 is 7.35. The molecule has 0 aromatic rings. The SMILES string of the molecule is COC(=O)NCC(=O)[C@H](Cl)C(C)SC. The van der Waals surface area contributed by atoms with Crippen LogP contribution in [0, 0.1) is 0 Å². The van der Waals surface area contributed by atoms with Gasteiger partial charge in [-0.25, -0.2) is 4.79 Å². The Hall–Kier alpha value is -0.420. The quantitative estimate of drug-likeness (QED) is 0.735. The van der Waals surface area contributed by atoms with Gasteiger partial charge in [-0.3, -0.25) is 4.79 Å². The second-order valence-corrected chi connectivity index (χ2v) is 4.34. The Morgan fingerprint density at radius 2 is 2.14 bits per heavy atom. The van der Waals surface area contributed by atoms with Crippen LogP contribution < -0.4 is 5.32 Å². The van der Waals surface area contributed by atoms with Gasteiger partial charge in [-0.1, -0.05) is 6.92 Å². The number of Topliss-reactive ketones (excluding diaryl/α,β-unsaturated/α-hetero) is 1. The van der Waals surface area contributed by atoms with Gasteiger partial charge in [0.15, 0.2) is 5.78 Å². The first kappa shape index (κ1) is 13.6. The van der Waals surface area contributed by atoms with E-state index < -0.39 is 11.5 Å². The monoisotopic (exact) mass is 239 g/mol. The van der Waals surface area contributed by atoms with Gasteiger partial charge in [-0.2, -0.15) is 11.8 Å². The number of ether oxygens (including phenoxy) is 1. The molecule has 0 spiro atoms. The second-order valence-electron chi connectivity index (χ2n) is 2.65. The van der Waals surface area contributed by atoms with E-state index in [0.29, 0.717) is 0 Å². The first-order valence-corrected chi connectivity index (χ1v) is 5.76. The van der Waals surface area contributed by atoms with Gasteiger partial charge in [0.2, 0.25) is 0 Å². The van der Waals surface area contributed by atoms with Crippen LogP contribution in [-0.2, 0) is 9.53 Å². The van der Waals surface area contributed by atoms with Gasteiger partial charge in [0, 0.05) is 5.25 Å². The lowest BCUT2D eigenvalue weighted by Crippen LogP contribution is -2.36. The third kappa shape index (κ3) is 4.72. The lowest BCUT2D eigenvalue weighted by molar-refractivity contribution is -0.117. The van der Waals surface area contributed by atoms with Crippen molar-refractivity contribution in [2.75, 3.05) is 19.9 Å². The largest absolute Gasteiger partial charge is 0.453 e. The number of carbonyl (C=O) groups excluding carboxylic acids is 2. The van der Waals surface area contributed by atoms with Crippen LogP contribution in [0.25, 0.3) is 0 Å².